The number of hydrogen-bond donors (Lipinski definition) is 3. The highest BCUT2D eigenvalue weighted by Crippen LogP contribution is 2.56. The molecule has 2 aromatic carbocycles. The number of Topliss-reactive ketones (excluding diaryl/α,β-unsaturated/α-hetero) is 3. The first-order chi connectivity index (χ1) is 20.2. The Morgan fingerprint density at radius 2 is 1.86 bits per heavy atom. The van der Waals surface area contributed by atoms with Gasteiger partial charge in [0.2, 0.25) is 5.78 Å². The van der Waals surface area contributed by atoms with Gasteiger partial charge in [-0.3, -0.25) is 19.3 Å². The Balaban J connectivity index is 1.43. The van der Waals surface area contributed by atoms with Gasteiger partial charge in [-0.25, -0.2) is 0 Å². The Kier molecular flexibility index (Phi) is 6.54. The second-order valence-corrected chi connectivity index (χ2v) is 11.2. The maximum Gasteiger partial charge on any atom is 0.573 e. The van der Waals surface area contributed by atoms with Crippen molar-refractivity contribution < 1.29 is 51.8 Å². The number of rotatable bonds is 5. The molecule has 14 heteroatoms. The zero-order valence-corrected chi connectivity index (χ0v) is 22.8. The van der Waals surface area contributed by atoms with Gasteiger partial charge in [-0.15, -0.1) is 13.2 Å². The number of carbonyl (C=O) groups excluding carboxylic acids is 3. The number of nitrogen functional groups attached to an aromatic ring is 1. The van der Waals surface area contributed by atoms with E-state index in [0.717, 1.165) is 11.6 Å². The van der Waals surface area contributed by atoms with Crippen molar-refractivity contribution in [2.75, 3.05) is 19.8 Å². The lowest BCUT2D eigenvalue weighted by atomic mass is 9.54. The largest absolute Gasteiger partial charge is 0.573 e. The van der Waals surface area contributed by atoms with Crippen LogP contribution in [0.3, 0.4) is 0 Å². The van der Waals surface area contributed by atoms with E-state index in [1.807, 2.05) is 6.07 Å². The summed E-state index contributed by atoms with van der Waals surface area (Å²) in [4.78, 5) is 43.5. The van der Waals surface area contributed by atoms with Crippen LogP contribution in [0.25, 0.3) is 0 Å². The molecule has 6 rings (SSSR count). The fourth-order valence-electron chi connectivity index (χ4n) is 6.74. The molecular formula is C29H26F3N3O8. The van der Waals surface area contributed by atoms with Gasteiger partial charge < -0.3 is 29.9 Å². The SMILES string of the molecule is CN(C)[C@@H]1c2onc(OCc3ccccc3)c2C(=O)[C@@]2(O)C(=O)C3C(=O)c4c(O)c(N)cc(OC(F)(F)F)c4C[C@H]3C[C@@H]12. The number of anilines is 1. The summed E-state index contributed by atoms with van der Waals surface area (Å²) < 4.78 is 55.1. The molecule has 5 atom stereocenters. The molecule has 3 aliphatic carbocycles. The Labute approximate surface area is 241 Å². The fraction of sp³-hybridized carbons (Fsp3) is 0.379. The van der Waals surface area contributed by atoms with Crippen molar-refractivity contribution in [3.8, 4) is 17.4 Å². The number of carbonyl (C=O) groups is 3. The van der Waals surface area contributed by atoms with Crippen molar-refractivity contribution >= 4 is 23.0 Å². The van der Waals surface area contributed by atoms with E-state index in [4.69, 9.17) is 15.0 Å². The summed E-state index contributed by atoms with van der Waals surface area (Å²) in [5.41, 5.74) is 2.02. The number of benzene rings is 2. The smallest absolute Gasteiger partial charge is 0.505 e. The molecular weight excluding hydrogens is 575 g/mol. The lowest BCUT2D eigenvalue weighted by Crippen LogP contribution is -2.66. The number of aromatic hydroxyl groups is 1. The van der Waals surface area contributed by atoms with Crippen LogP contribution < -0.4 is 15.2 Å². The first-order valence-electron chi connectivity index (χ1n) is 13.3. The van der Waals surface area contributed by atoms with Crippen molar-refractivity contribution in [2.24, 2.45) is 17.8 Å². The quantitative estimate of drug-likeness (QED) is 0.223. The summed E-state index contributed by atoms with van der Waals surface area (Å²) in [6, 6.07) is 8.83. The number of ether oxygens (including phenoxy) is 2. The summed E-state index contributed by atoms with van der Waals surface area (Å²) in [6.45, 7) is -0.00146. The number of phenolic OH excluding ortho intramolecular Hbond substituents is 1. The summed E-state index contributed by atoms with van der Waals surface area (Å²) in [5.74, 6) is -8.79. The predicted molar refractivity (Wildman–Crippen MR) is 140 cm³/mol. The number of nitrogens with two attached hydrogens (primary N) is 1. The van der Waals surface area contributed by atoms with Gasteiger partial charge in [0.25, 0.3) is 5.88 Å². The van der Waals surface area contributed by atoms with Crippen molar-refractivity contribution in [3.63, 3.8) is 0 Å². The first kappa shape index (κ1) is 28.7. The molecule has 226 valence electrons. The minimum Gasteiger partial charge on any atom is -0.505 e. The van der Waals surface area contributed by atoms with E-state index in [1.165, 1.54) is 0 Å². The van der Waals surface area contributed by atoms with E-state index in [0.29, 0.717) is 0 Å². The minimum atomic E-state index is -5.13. The molecule has 1 aromatic heterocycles. The molecule has 1 unspecified atom stereocenters. The molecule has 0 amide bonds. The minimum absolute atomic E-state index is 0.00146. The Morgan fingerprint density at radius 1 is 1.16 bits per heavy atom. The van der Waals surface area contributed by atoms with Crippen LogP contribution in [-0.4, -0.2) is 63.7 Å². The van der Waals surface area contributed by atoms with E-state index >= 15 is 0 Å². The molecule has 3 aliphatic rings. The monoisotopic (exact) mass is 601 g/mol. The molecule has 3 aromatic rings. The maximum atomic E-state index is 14.1. The number of aromatic nitrogens is 1. The van der Waals surface area contributed by atoms with Crippen molar-refractivity contribution in [2.45, 2.75) is 37.5 Å². The van der Waals surface area contributed by atoms with Gasteiger partial charge in [0.1, 0.15) is 23.7 Å². The molecule has 0 spiro atoms. The van der Waals surface area contributed by atoms with Gasteiger partial charge in [-0.1, -0.05) is 30.3 Å². The van der Waals surface area contributed by atoms with Gasteiger partial charge >= 0.3 is 6.36 Å². The molecule has 0 saturated heterocycles. The van der Waals surface area contributed by atoms with Crippen molar-refractivity contribution in [3.05, 3.63) is 64.4 Å². The third-order valence-electron chi connectivity index (χ3n) is 8.52. The summed E-state index contributed by atoms with van der Waals surface area (Å²) in [7, 11) is 3.26. The maximum absolute atomic E-state index is 14.1. The standard InChI is InChI=1S/C29H26F3N3O8/c1-35(2)21-15-9-13-8-14-17(42-29(30,31)32)10-16(33)22(36)19(14)23(37)18(13)25(38)28(15,40)26(39)20-24(21)43-34-27(20)41-11-12-6-4-3-5-7-12/h3-7,10,13,15,18,21,36,40H,8-9,11,33H2,1-2H3/t13-,15-,18?,21-,28-/m0/s1. The van der Waals surface area contributed by atoms with E-state index in [2.05, 4.69) is 9.89 Å². The number of phenols is 1. The second kappa shape index (κ2) is 9.81. The van der Waals surface area contributed by atoms with E-state index < -0.39 is 75.9 Å². The molecule has 1 saturated carbocycles. The molecule has 1 heterocycles. The summed E-state index contributed by atoms with van der Waals surface area (Å²) in [6.07, 6.45) is -5.57. The van der Waals surface area contributed by atoms with E-state index in [-0.39, 0.29) is 42.2 Å². The van der Waals surface area contributed by atoms with Crippen LogP contribution in [0.15, 0.2) is 40.9 Å². The molecule has 0 radical (unpaired) electrons. The number of aliphatic hydroxyl groups is 1. The third-order valence-corrected chi connectivity index (χ3v) is 8.52. The molecule has 43 heavy (non-hydrogen) atoms. The average molecular weight is 602 g/mol. The van der Waals surface area contributed by atoms with Crippen LogP contribution in [0, 0.1) is 17.8 Å². The lowest BCUT2D eigenvalue weighted by Gasteiger charge is -2.51. The number of nitrogens with zero attached hydrogens (tertiary/aromatic N) is 2. The Hall–Kier alpha value is -4.43. The lowest BCUT2D eigenvalue weighted by molar-refractivity contribution is -0.275. The van der Waals surface area contributed by atoms with Gasteiger partial charge in [0.05, 0.1) is 23.2 Å². The third kappa shape index (κ3) is 4.35. The van der Waals surface area contributed by atoms with Crippen molar-refractivity contribution in [1.29, 1.82) is 0 Å². The van der Waals surface area contributed by atoms with Gasteiger partial charge in [-0.2, -0.15) is 0 Å². The van der Waals surface area contributed by atoms with Crippen LogP contribution in [0.4, 0.5) is 18.9 Å². The average Bonchev–Trinajstić information content (AvgIpc) is 3.35. The first-order valence-corrected chi connectivity index (χ1v) is 13.3. The molecule has 4 N–H and O–H groups in total. The Morgan fingerprint density at radius 3 is 2.51 bits per heavy atom. The predicted octanol–water partition coefficient (Wildman–Crippen LogP) is 3.23. The number of hydrogen-bond acceptors (Lipinski definition) is 11. The van der Waals surface area contributed by atoms with E-state index in [1.54, 1.807) is 43.3 Å². The topological polar surface area (TPSA) is 165 Å². The normalized spacial score (nSPS) is 26.4. The Bertz CT molecular complexity index is 1650. The number of alkyl halides is 3. The number of halogens is 3. The van der Waals surface area contributed by atoms with Crippen LogP contribution >= 0.6 is 0 Å². The highest BCUT2D eigenvalue weighted by atomic mass is 19.4. The second-order valence-electron chi connectivity index (χ2n) is 11.2. The fourth-order valence-corrected chi connectivity index (χ4v) is 6.74. The van der Waals surface area contributed by atoms with Crippen LogP contribution in [0.1, 0.15) is 50.1 Å². The summed E-state index contributed by atoms with van der Waals surface area (Å²) >= 11 is 0. The highest BCUT2D eigenvalue weighted by molar-refractivity contribution is 6.27. The molecule has 11 nitrogen and oxygen atoms in total. The van der Waals surface area contributed by atoms with Gasteiger partial charge in [0.15, 0.2) is 22.9 Å². The zero-order chi connectivity index (χ0) is 31.0. The van der Waals surface area contributed by atoms with Gasteiger partial charge in [0, 0.05) is 17.5 Å². The zero-order valence-electron chi connectivity index (χ0n) is 22.8. The highest BCUT2D eigenvalue weighted by Gasteiger charge is 2.67. The van der Waals surface area contributed by atoms with Crippen LogP contribution in [0.5, 0.6) is 17.4 Å². The number of fused-ring (bicyclic) bond motifs is 4. The van der Waals surface area contributed by atoms with Crippen LogP contribution in [-0.2, 0) is 17.8 Å². The molecule has 1 fully saturated rings. The summed E-state index contributed by atoms with van der Waals surface area (Å²) in [5, 5.41) is 26.5. The molecule has 0 aliphatic heterocycles. The van der Waals surface area contributed by atoms with Crippen LogP contribution in [0.2, 0.25) is 0 Å². The number of ketones is 3. The molecule has 0 bridgehead atoms. The van der Waals surface area contributed by atoms with E-state index in [9.17, 15) is 37.8 Å². The van der Waals surface area contributed by atoms with Gasteiger partial charge in [-0.05, 0) is 43.6 Å². The van der Waals surface area contributed by atoms with Crippen molar-refractivity contribution in [1.82, 2.24) is 10.1 Å².